The molecule has 0 saturated carbocycles. The van der Waals surface area contributed by atoms with Crippen LogP contribution in [0.2, 0.25) is 0 Å². The van der Waals surface area contributed by atoms with Crippen LogP contribution in [-0.2, 0) is 4.79 Å². The van der Waals surface area contributed by atoms with Crippen LogP contribution in [0, 0.1) is 13.8 Å². The van der Waals surface area contributed by atoms with Crippen molar-refractivity contribution in [3.05, 3.63) is 65.5 Å². The minimum Gasteiger partial charge on any atom is -0.368 e. The minimum atomic E-state index is 0.0763. The van der Waals surface area contributed by atoms with Gasteiger partial charge in [-0.15, -0.1) is 0 Å². The summed E-state index contributed by atoms with van der Waals surface area (Å²) in [5.74, 6) is 0.0763. The number of carbonyl (C=O) groups is 1. The van der Waals surface area contributed by atoms with Gasteiger partial charge in [-0.05, 0) is 54.8 Å². The number of rotatable bonds is 3. The maximum atomic E-state index is 12.3. The lowest BCUT2D eigenvalue weighted by atomic mass is 10.1. The fourth-order valence-electron chi connectivity index (χ4n) is 2.99. The van der Waals surface area contributed by atoms with Gasteiger partial charge in [-0.3, -0.25) is 9.78 Å². The van der Waals surface area contributed by atoms with Gasteiger partial charge in [0.2, 0.25) is 5.91 Å². The first-order valence-corrected chi connectivity index (χ1v) is 8.33. The monoisotopic (exact) mass is 321 g/mol. The molecular weight excluding hydrogens is 298 g/mol. The molecule has 1 saturated heterocycles. The van der Waals surface area contributed by atoms with Crippen molar-refractivity contribution in [2.75, 3.05) is 31.1 Å². The molecule has 0 N–H and O–H groups in total. The van der Waals surface area contributed by atoms with E-state index >= 15 is 0 Å². The Kier molecular flexibility index (Phi) is 4.94. The summed E-state index contributed by atoms with van der Waals surface area (Å²) < 4.78 is 0. The average molecular weight is 321 g/mol. The quantitative estimate of drug-likeness (QED) is 0.815. The Morgan fingerprint density at radius 3 is 2.46 bits per heavy atom. The lowest BCUT2D eigenvalue weighted by Gasteiger charge is -2.36. The van der Waals surface area contributed by atoms with Gasteiger partial charge in [0, 0.05) is 50.3 Å². The lowest BCUT2D eigenvalue weighted by molar-refractivity contribution is -0.126. The molecule has 0 radical (unpaired) electrons. The maximum Gasteiger partial charge on any atom is 0.246 e. The van der Waals surface area contributed by atoms with E-state index in [1.165, 1.54) is 16.8 Å². The molecule has 24 heavy (non-hydrogen) atoms. The maximum absolute atomic E-state index is 12.3. The van der Waals surface area contributed by atoms with E-state index in [0.29, 0.717) is 0 Å². The highest BCUT2D eigenvalue weighted by Crippen LogP contribution is 2.23. The van der Waals surface area contributed by atoms with Gasteiger partial charge in [-0.1, -0.05) is 12.1 Å². The van der Waals surface area contributed by atoms with E-state index in [4.69, 9.17) is 0 Å². The van der Waals surface area contributed by atoms with Crippen molar-refractivity contribution in [1.82, 2.24) is 9.88 Å². The zero-order valence-corrected chi connectivity index (χ0v) is 14.3. The number of hydrogen-bond donors (Lipinski definition) is 0. The molecule has 1 aliphatic rings. The fraction of sp³-hybridized carbons (Fsp3) is 0.300. The van der Waals surface area contributed by atoms with Crippen LogP contribution in [0.3, 0.4) is 0 Å². The number of hydrogen-bond acceptors (Lipinski definition) is 3. The van der Waals surface area contributed by atoms with E-state index in [0.717, 1.165) is 31.7 Å². The molecule has 4 nitrogen and oxygen atoms in total. The van der Waals surface area contributed by atoms with Crippen LogP contribution in [0.15, 0.2) is 48.8 Å². The van der Waals surface area contributed by atoms with Crippen LogP contribution in [0.1, 0.15) is 16.7 Å². The average Bonchev–Trinajstić information content (AvgIpc) is 2.63. The minimum absolute atomic E-state index is 0.0763. The van der Waals surface area contributed by atoms with Gasteiger partial charge in [0.15, 0.2) is 0 Å². The first kappa shape index (κ1) is 16.2. The molecule has 4 heteroatoms. The lowest BCUT2D eigenvalue weighted by Crippen LogP contribution is -2.48. The molecule has 1 aliphatic heterocycles. The van der Waals surface area contributed by atoms with Crippen LogP contribution in [-0.4, -0.2) is 42.0 Å². The molecule has 0 aliphatic carbocycles. The summed E-state index contributed by atoms with van der Waals surface area (Å²) >= 11 is 0. The van der Waals surface area contributed by atoms with Crippen molar-refractivity contribution in [2.24, 2.45) is 0 Å². The summed E-state index contributed by atoms with van der Waals surface area (Å²) in [4.78, 5) is 20.6. The third-order valence-electron chi connectivity index (χ3n) is 4.63. The van der Waals surface area contributed by atoms with E-state index in [2.05, 4.69) is 41.9 Å². The SMILES string of the molecule is Cc1cccc(N2CCN(C(=O)/C=C/c3ccncc3)CC2)c1C. The van der Waals surface area contributed by atoms with Crippen LogP contribution in [0.5, 0.6) is 0 Å². The first-order valence-electron chi connectivity index (χ1n) is 8.33. The summed E-state index contributed by atoms with van der Waals surface area (Å²) in [6.07, 6.45) is 6.96. The second-order valence-electron chi connectivity index (χ2n) is 6.15. The molecule has 1 aromatic heterocycles. The number of piperazine rings is 1. The van der Waals surface area contributed by atoms with Gasteiger partial charge in [0.25, 0.3) is 0 Å². The van der Waals surface area contributed by atoms with Gasteiger partial charge in [0.05, 0.1) is 0 Å². The van der Waals surface area contributed by atoms with Crippen molar-refractivity contribution >= 4 is 17.7 Å². The van der Waals surface area contributed by atoms with Crippen molar-refractivity contribution < 1.29 is 4.79 Å². The van der Waals surface area contributed by atoms with Gasteiger partial charge in [-0.25, -0.2) is 0 Å². The van der Waals surface area contributed by atoms with E-state index in [1.807, 2.05) is 23.1 Å². The number of amides is 1. The van der Waals surface area contributed by atoms with Crippen molar-refractivity contribution in [1.29, 1.82) is 0 Å². The Labute approximate surface area is 143 Å². The summed E-state index contributed by atoms with van der Waals surface area (Å²) in [7, 11) is 0. The van der Waals surface area contributed by atoms with E-state index in [1.54, 1.807) is 18.5 Å². The molecule has 2 aromatic rings. The second-order valence-corrected chi connectivity index (χ2v) is 6.15. The fourth-order valence-corrected chi connectivity index (χ4v) is 2.99. The zero-order chi connectivity index (χ0) is 16.9. The zero-order valence-electron chi connectivity index (χ0n) is 14.3. The number of carbonyl (C=O) groups excluding carboxylic acids is 1. The highest BCUT2D eigenvalue weighted by Gasteiger charge is 2.20. The Balaban J connectivity index is 1.59. The summed E-state index contributed by atoms with van der Waals surface area (Å²) in [5, 5.41) is 0. The normalized spacial score (nSPS) is 15.1. The predicted molar refractivity (Wildman–Crippen MR) is 98.0 cm³/mol. The van der Waals surface area contributed by atoms with Crippen LogP contribution >= 0.6 is 0 Å². The van der Waals surface area contributed by atoms with Gasteiger partial charge >= 0.3 is 0 Å². The molecule has 1 amide bonds. The molecule has 0 unspecified atom stereocenters. The number of anilines is 1. The summed E-state index contributed by atoms with van der Waals surface area (Å²) in [6, 6.07) is 10.2. The highest BCUT2D eigenvalue weighted by molar-refractivity contribution is 5.91. The van der Waals surface area contributed by atoms with Crippen LogP contribution in [0.25, 0.3) is 6.08 Å². The molecule has 1 aromatic carbocycles. The molecule has 0 bridgehead atoms. The van der Waals surface area contributed by atoms with Crippen molar-refractivity contribution in [3.8, 4) is 0 Å². The van der Waals surface area contributed by atoms with E-state index in [9.17, 15) is 4.79 Å². The number of aryl methyl sites for hydroxylation is 1. The Hall–Kier alpha value is -2.62. The smallest absolute Gasteiger partial charge is 0.246 e. The number of benzene rings is 1. The largest absolute Gasteiger partial charge is 0.368 e. The van der Waals surface area contributed by atoms with Crippen molar-refractivity contribution in [3.63, 3.8) is 0 Å². The highest BCUT2D eigenvalue weighted by atomic mass is 16.2. The Morgan fingerprint density at radius 1 is 1.04 bits per heavy atom. The Morgan fingerprint density at radius 2 is 1.75 bits per heavy atom. The Bertz CT molecular complexity index is 732. The number of pyridine rings is 1. The van der Waals surface area contributed by atoms with Gasteiger partial charge in [-0.2, -0.15) is 0 Å². The predicted octanol–water partition coefficient (Wildman–Crippen LogP) is 3.06. The third-order valence-corrected chi connectivity index (χ3v) is 4.63. The molecule has 1 fully saturated rings. The van der Waals surface area contributed by atoms with Gasteiger partial charge in [0.1, 0.15) is 0 Å². The van der Waals surface area contributed by atoms with Crippen LogP contribution in [0.4, 0.5) is 5.69 Å². The van der Waals surface area contributed by atoms with E-state index in [-0.39, 0.29) is 5.91 Å². The summed E-state index contributed by atoms with van der Waals surface area (Å²) in [6.45, 7) is 7.57. The molecule has 124 valence electrons. The topological polar surface area (TPSA) is 36.4 Å². The third kappa shape index (κ3) is 3.65. The number of aromatic nitrogens is 1. The van der Waals surface area contributed by atoms with Gasteiger partial charge < -0.3 is 9.80 Å². The van der Waals surface area contributed by atoms with Crippen molar-refractivity contribution in [2.45, 2.75) is 13.8 Å². The van der Waals surface area contributed by atoms with Crippen LogP contribution < -0.4 is 4.90 Å². The standard InChI is InChI=1S/C20H23N3O/c1-16-4-3-5-19(17(16)2)22-12-14-23(15-13-22)20(24)7-6-18-8-10-21-11-9-18/h3-11H,12-15H2,1-2H3/b7-6+. The molecule has 0 spiro atoms. The van der Waals surface area contributed by atoms with E-state index < -0.39 is 0 Å². The summed E-state index contributed by atoms with van der Waals surface area (Å²) in [5.41, 5.74) is 4.92. The molecule has 3 rings (SSSR count). The molecule has 0 atom stereocenters. The molecular formula is C20H23N3O. The second kappa shape index (κ2) is 7.30. The number of nitrogens with zero attached hydrogens (tertiary/aromatic N) is 3. The first-order chi connectivity index (χ1) is 11.6. The molecule has 2 heterocycles.